The van der Waals surface area contributed by atoms with E-state index in [0.29, 0.717) is 12.1 Å². The first-order valence-corrected chi connectivity index (χ1v) is 7.22. The highest BCUT2D eigenvalue weighted by Gasteiger charge is 2.44. The highest BCUT2D eigenvalue weighted by molar-refractivity contribution is 5.65. The maximum atomic E-state index is 11.0. The number of aliphatic hydroxyl groups is 1. The number of amides is 1. The van der Waals surface area contributed by atoms with Gasteiger partial charge in [0.1, 0.15) is 6.10 Å². The molecular formula is C15H23N3O4. The van der Waals surface area contributed by atoms with E-state index < -0.39 is 30.4 Å². The largest absolute Gasteiger partial charge is 0.465 e. The van der Waals surface area contributed by atoms with Crippen molar-refractivity contribution < 1.29 is 19.7 Å². The summed E-state index contributed by atoms with van der Waals surface area (Å²) < 4.78 is 6.05. The summed E-state index contributed by atoms with van der Waals surface area (Å²) in [4.78, 5) is 14.9. The molecule has 0 radical (unpaired) electrons. The number of pyridine rings is 1. The Kier molecular flexibility index (Phi) is 4.58. The zero-order valence-electron chi connectivity index (χ0n) is 13.0. The van der Waals surface area contributed by atoms with E-state index in [1.54, 1.807) is 12.3 Å². The van der Waals surface area contributed by atoms with Crippen molar-refractivity contribution in [2.45, 2.75) is 51.5 Å². The summed E-state index contributed by atoms with van der Waals surface area (Å²) in [5, 5.41) is 21.8. The number of anilines is 1. The van der Waals surface area contributed by atoms with Crippen molar-refractivity contribution in [1.29, 1.82) is 0 Å². The van der Waals surface area contributed by atoms with E-state index >= 15 is 0 Å². The lowest BCUT2D eigenvalue weighted by molar-refractivity contribution is -0.170. The number of carbonyl (C=O) groups is 1. The van der Waals surface area contributed by atoms with Crippen LogP contribution in [0.3, 0.4) is 0 Å². The molecule has 0 aromatic carbocycles. The Hall–Kier alpha value is -1.86. The Bertz CT molecular complexity index is 544. The molecule has 4 atom stereocenters. The molecule has 7 nitrogen and oxygen atoms in total. The summed E-state index contributed by atoms with van der Waals surface area (Å²) in [6.45, 7) is 5.82. The number of rotatable bonds is 2. The van der Waals surface area contributed by atoms with Gasteiger partial charge in [0.25, 0.3) is 0 Å². The highest BCUT2D eigenvalue weighted by atomic mass is 16.5. The number of hydrogen-bond donors (Lipinski definition) is 4. The number of ether oxygens (including phenoxy) is 1. The van der Waals surface area contributed by atoms with Crippen LogP contribution in [-0.2, 0) is 4.74 Å². The Labute approximate surface area is 129 Å². The molecule has 0 aliphatic carbocycles. The minimum absolute atomic E-state index is 0.314. The van der Waals surface area contributed by atoms with Gasteiger partial charge in [0, 0.05) is 18.2 Å². The smallest absolute Gasteiger partial charge is 0.404 e. The molecule has 1 aromatic rings. The molecule has 122 valence electrons. The molecule has 1 fully saturated rings. The third-order valence-electron chi connectivity index (χ3n) is 3.90. The number of aliphatic hydroxyl groups excluding tert-OH is 1. The average molecular weight is 309 g/mol. The van der Waals surface area contributed by atoms with Gasteiger partial charge in [0.05, 0.1) is 30.1 Å². The highest BCUT2D eigenvalue weighted by Crippen LogP contribution is 2.39. The zero-order valence-corrected chi connectivity index (χ0v) is 13.0. The normalized spacial score (nSPS) is 29.1. The van der Waals surface area contributed by atoms with Crippen molar-refractivity contribution in [2.24, 2.45) is 5.41 Å². The third-order valence-corrected chi connectivity index (χ3v) is 3.90. The van der Waals surface area contributed by atoms with Gasteiger partial charge in [-0.1, -0.05) is 20.8 Å². The maximum Gasteiger partial charge on any atom is 0.404 e. The van der Waals surface area contributed by atoms with Gasteiger partial charge in [0.15, 0.2) is 0 Å². The molecule has 2 heterocycles. The second-order valence-electron chi connectivity index (χ2n) is 6.70. The fourth-order valence-corrected chi connectivity index (χ4v) is 2.82. The lowest BCUT2D eigenvalue weighted by atomic mass is 9.79. The molecule has 1 aliphatic heterocycles. The molecule has 7 heteroatoms. The second-order valence-corrected chi connectivity index (χ2v) is 6.70. The minimum Gasteiger partial charge on any atom is -0.465 e. The Morgan fingerprint density at radius 2 is 2.18 bits per heavy atom. The summed E-state index contributed by atoms with van der Waals surface area (Å²) in [5.41, 5.74) is 6.85. The molecule has 1 amide bonds. The zero-order chi connectivity index (χ0) is 16.5. The molecular weight excluding hydrogens is 286 g/mol. The molecule has 1 aliphatic rings. The van der Waals surface area contributed by atoms with Crippen LogP contribution in [0.1, 0.15) is 38.9 Å². The van der Waals surface area contributed by atoms with Crippen molar-refractivity contribution >= 4 is 11.8 Å². The van der Waals surface area contributed by atoms with Crippen LogP contribution in [0.25, 0.3) is 0 Å². The van der Waals surface area contributed by atoms with E-state index in [1.165, 1.54) is 6.20 Å². The Morgan fingerprint density at radius 3 is 2.73 bits per heavy atom. The SMILES string of the molecule is CC(C)(C)[C@H]1O[C@@H](c2ccncc2N)C[C@H](NC(=O)O)[C@@H]1O. The second kappa shape index (κ2) is 6.10. The number of nitrogens with zero attached hydrogens (tertiary/aromatic N) is 1. The number of nitrogens with one attached hydrogen (secondary N) is 1. The summed E-state index contributed by atoms with van der Waals surface area (Å²) in [7, 11) is 0. The Morgan fingerprint density at radius 1 is 1.50 bits per heavy atom. The average Bonchev–Trinajstić information content (AvgIpc) is 2.40. The van der Waals surface area contributed by atoms with Crippen LogP contribution in [0.2, 0.25) is 0 Å². The van der Waals surface area contributed by atoms with Crippen LogP contribution >= 0.6 is 0 Å². The van der Waals surface area contributed by atoms with Crippen LogP contribution in [0.5, 0.6) is 0 Å². The molecule has 2 rings (SSSR count). The summed E-state index contributed by atoms with van der Waals surface area (Å²) in [5.74, 6) is 0. The van der Waals surface area contributed by atoms with Crippen molar-refractivity contribution in [2.75, 3.05) is 5.73 Å². The van der Waals surface area contributed by atoms with Gasteiger partial charge in [-0.05, 0) is 11.5 Å². The van der Waals surface area contributed by atoms with Gasteiger partial charge >= 0.3 is 6.09 Å². The van der Waals surface area contributed by atoms with Crippen molar-refractivity contribution in [3.63, 3.8) is 0 Å². The van der Waals surface area contributed by atoms with Crippen molar-refractivity contribution in [3.8, 4) is 0 Å². The van der Waals surface area contributed by atoms with E-state index in [0.717, 1.165) is 5.56 Å². The van der Waals surface area contributed by atoms with Gasteiger partial charge in [-0.15, -0.1) is 0 Å². The van der Waals surface area contributed by atoms with Crippen LogP contribution in [-0.4, -0.2) is 39.5 Å². The quantitative estimate of drug-likeness (QED) is 0.658. The van der Waals surface area contributed by atoms with E-state index in [1.807, 2.05) is 20.8 Å². The molecule has 0 saturated carbocycles. The number of aromatic nitrogens is 1. The standard InChI is InChI=1S/C15H23N3O4/c1-15(2,3)13-12(19)10(18-14(20)21)6-11(22-13)8-4-5-17-7-9(8)16/h4-5,7,10-13,18-19H,6,16H2,1-3H3,(H,20,21)/t10-,11+,12-,13-/m0/s1. The first-order chi connectivity index (χ1) is 10.2. The number of carboxylic acid groups (broad SMARTS) is 1. The maximum absolute atomic E-state index is 11.0. The van der Waals surface area contributed by atoms with Gasteiger partial charge in [-0.3, -0.25) is 4.98 Å². The van der Waals surface area contributed by atoms with Gasteiger partial charge in [-0.2, -0.15) is 0 Å². The van der Waals surface area contributed by atoms with Crippen LogP contribution < -0.4 is 11.1 Å². The molecule has 1 aromatic heterocycles. The monoisotopic (exact) mass is 309 g/mol. The fourth-order valence-electron chi connectivity index (χ4n) is 2.82. The van der Waals surface area contributed by atoms with E-state index in [2.05, 4.69) is 10.3 Å². The molecule has 1 saturated heterocycles. The number of nitrogen functional groups attached to an aromatic ring is 1. The Balaban J connectivity index is 2.32. The van der Waals surface area contributed by atoms with Crippen molar-refractivity contribution in [3.05, 3.63) is 24.0 Å². The lowest BCUT2D eigenvalue weighted by Gasteiger charge is -2.45. The lowest BCUT2D eigenvalue weighted by Crippen LogP contribution is -2.57. The van der Waals surface area contributed by atoms with Crippen LogP contribution in [0, 0.1) is 5.41 Å². The molecule has 0 bridgehead atoms. The van der Waals surface area contributed by atoms with E-state index in [4.69, 9.17) is 15.6 Å². The van der Waals surface area contributed by atoms with E-state index in [-0.39, 0.29) is 5.41 Å². The minimum atomic E-state index is -1.17. The van der Waals surface area contributed by atoms with Gasteiger partial charge in [0.2, 0.25) is 0 Å². The third kappa shape index (κ3) is 3.48. The number of nitrogens with two attached hydrogens (primary N) is 1. The van der Waals surface area contributed by atoms with Crippen LogP contribution in [0.4, 0.5) is 10.5 Å². The molecule has 0 unspecified atom stereocenters. The number of hydrogen-bond acceptors (Lipinski definition) is 5. The topological polar surface area (TPSA) is 118 Å². The summed E-state index contributed by atoms with van der Waals surface area (Å²) >= 11 is 0. The fraction of sp³-hybridized carbons (Fsp3) is 0.600. The molecule has 22 heavy (non-hydrogen) atoms. The summed E-state index contributed by atoms with van der Waals surface area (Å²) in [6.07, 6.45) is 0.466. The predicted molar refractivity (Wildman–Crippen MR) is 81.3 cm³/mol. The van der Waals surface area contributed by atoms with Gasteiger partial charge < -0.3 is 26.0 Å². The first kappa shape index (κ1) is 16.5. The van der Waals surface area contributed by atoms with Crippen molar-refractivity contribution in [1.82, 2.24) is 10.3 Å². The first-order valence-electron chi connectivity index (χ1n) is 7.22. The predicted octanol–water partition coefficient (Wildman–Crippen LogP) is 1.54. The van der Waals surface area contributed by atoms with Gasteiger partial charge in [-0.25, -0.2) is 4.79 Å². The summed E-state index contributed by atoms with van der Waals surface area (Å²) in [6, 6.07) is 1.14. The van der Waals surface area contributed by atoms with E-state index in [9.17, 15) is 9.90 Å². The molecule has 0 spiro atoms. The molecule has 5 N–H and O–H groups in total. The van der Waals surface area contributed by atoms with Crippen LogP contribution in [0.15, 0.2) is 18.5 Å².